The highest BCUT2D eigenvalue weighted by molar-refractivity contribution is 5.82. The fraction of sp³-hybridized carbons (Fsp3) is 0.833. The molecule has 0 aromatic carbocycles. The number of carbonyl (C=O) groups excluding carboxylic acids is 2. The van der Waals surface area contributed by atoms with Crippen molar-refractivity contribution in [3.63, 3.8) is 0 Å². The van der Waals surface area contributed by atoms with Crippen LogP contribution in [0.5, 0.6) is 0 Å². The van der Waals surface area contributed by atoms with Crippen LogP contribution in [0.25, 0.3) is 0 Å². The summed E-state index contributed by atoms with van der Waals surface area (Å²) in [5, 5.41) is 9.84. The number of nitrogens with zero attached hydrogens (tertiary/aromatic N) is 1. The minimum Gasteiger partial charge on any atom is -0.467 e. The van der Waals surface area contributed by atoms with Crippen molar-refractivity contribution in [2.24, 2.45) is 0 Å². The SMILES string of the molecule is COC(=O)C1C(O)CCCN1C(=O)OC(C)(C)C. The van der Waals surface area contributed by atoms with E-state index in [-0.39, 0.29) is 0 Å². The van der Waals surface area contributed by atoms with Crippen LogP contribution < -0.4 is 0 Å². The van der Waals surface area contributed by atoms with E-state index in [0.717, 1.165) is 0 Å². The van der Waals surface area contributed by atoms with E-state index in [4.69, 9.17) is 4.74 Å². The van der Waals surface area contributed by atoms with Gasteiger partial charge >= 0.3 is 12.1 Å². The first-order valence-corrected chi connectivity index (χ1v) is 6.02. The fourth-order valence-corrected chi connectivity index (χ4v) is 1.91. The molecule has 6 heteroatoms. The summed E-state index contributed by atoms with van der Waals surface area (Å²) >= 11 is 0. The summed E-state index contributed by atoms with van der Waals surface area (Å²) in [4.78, 5) is 24.8. The van der Waals surface area contributed by atoms with E-state index in [0.29, 0.717) is 19.4 Å². The maximum Gasteiger partial charge on any atom is 0.411 e. The Morgan fingerprint density at radius 1 is 1.33 bits per heavy atom. The van der Waals surface area contributed by atoms with E-state index < -0.39 is 29.8 Å². The van der Waals surface area contributed by atoms with Gasteiger partial charge in [0.2, 0.25) is 0 Å². The van der Waals surface area contributed by atoms with Gasteiger partial charge in [0.25, 0.3) is 0 Å². The molecule has 2 unspecified atom stereocenters. The summed E-state index contributed by atoms with van der Waals surface area (Å²) in [5.41, 5.74) is -0.639. The van der Waals surface area contributed by atoms with Gasteiger partial charge in [-0.25, -0.2) is 9.59 Å². The zero-order valence-corrected chi connectivity index (χ0v) is 11.3. The molecule has 0 aromatic rings. The van der Waals surface area contributed by atoms with E-state index in [1.807, 2.05) is 0 Å². The molecule has 6 nitrogen and oxygen atoms in total. The number of piperidine rings is 1. The lowest BCUT2D eigenvalue weighted by molar-refractivity contribution is -0.153. The van der Waals surface area contributed by atoms with Gasteiger partial charge in [0, 0.05) is 6.54 Å². The lowest BCUT2D eigenvalue weighted by Crippen LogP contribution is -2.56. The molecule has 1 amide bonds. The van der Waals surface area contributed by atoms with Crippen LogP contribution in [0.4, 0.5) is 4.79 Å². The second-order valence-electron chi connectivity index (χ2n) is 5.35. The molecule has 1 aliphatic rings. The van der Waals surface area contributed by atoms with E-state index in [2.05, 4.69) is 4.74 Å². The highest BCUT2D eigenvalue weighted by Gasteiger charge is 2.41. The average Bonchev–Trinajstić information content (AvgIpc) is 2.25. The Bertz CT molecular complexity index is 323. The van der Waals surface area contributed by atoms with Gasteiger partial charge in [-0.15, -0.1) is 0 Å². The summed E-state index contributed by atoms with van der Waals surface area (Å²) < 4.78 is 9.84. The second-order valence-corrected chi connectivity index (χ2v) is 5.35. The zero-order chi connectivity index (χ0) is 13.9. The average molecular weight is 259 g/mol. The number of aliphatic hydroxyl groups is 1. The molecule has 0 saturated carbocycles. The Labute approximate surface area is 107 Å². The highest BCUT2D eigenvalue weighted by Crippen LogP contribution is 2.21. The number of rotatable bonds is 1. The van der Waals surface area contributed by atoms with E-state index in [1.54, 1.807) is 20.8 Å². The summed E-state index contributed by atoms with van der Waals surface area (Å²) in [6, 6.07) is -0.974. The predicted octanol–water partition coefficient (Wildman–Crippen LogP) is 0.920. The summed E-state index contributed by atoms with van der Waals surface area (Å²) in [7, 11) is 1.23. The van der Waals surface area contributed by atoms with Gasteiger partial charge in [-0.1, -0.05) is 0 Å². The van der Waals surface area contributed by atoms with Crippen LogP contribution in [0.2, 0.25) is 0 Å². The summed E-state index contributed by atoms with van der Waals surface area (Å²) in [6.07, 6.45) is -0.400. The number of esters is 1. The van der Waals surface area contributed by atoms with Crippen molar-refractivity contribution in [1.82, 2.24) is 4.90 Å². The molecule has 0 aromatic heterocycles. The minimum absolute atomic E-state index is 0.381. The fourth-order valence-electron chi connectivity index (χ4n) is 1.91. The predicted molar refractivity (Wildman–Crippen MR) is 64.0 cm³/mol. The molecule has 1 heterocycles. The largest absolute Gasteiger partial charge is 0.467 e. The first-order chi connectivity index (χ1) is 8.26. The number of carbonyl (C=O) groups is 2. The minimum atomic E-state index is -0.974. The Hall–Kier alpha value is -1.30. The van der Waals surface area contributed by atoms with Crippen LogP contribution in [0.1, 0.15) is 33.6 Å². The van der Waals surface area contributed by atoms with Crippen LogP contribution in [0.15, 0.2) is 0 Å². The van der Waals surface area contributed by atoms with Crippen LogP contribution >= 0.6 is 0 Å². The summed E-state index contributed by atoms with van der Waals surface area (Å²) in [5.74, 6) is -0.618. The molecular weight excluding hydrogens is 238 g/mol. The Morgan fingerprint density at radius 3 is 2.44 bits per heavy atom. The van der Waals surface area contributed by atoms with Crippen molar-refractivity contribution in [3.05, 3.63) is 0 Å². The first kappa shape index (κ1) is 14.8. The lowest BCUT2D eigenvalue weighted by atomic mass is 9.99. The smallest absolute Gasteiger partial charge is 0.411 e. The Kier molecular flexibility index (Phi) is 4.56. The zero-order valence-electron chi connectivity index (χ0n) is 11.3. The topological polar surface area (TPSA) is 76.1 Å². The van der Waals surface area contributed by atoms with Gasteiger partial charge in [0.1, 0.15) is 5.60 Å². The summed E-state index contributed by atoms with van der Waals surface area (Å²) in [6.45, 7) is 5.63. The number of likely N-dealkylation sites (tertiary alicyclic amines) is 1. The number of aliphatic hydroxyl groups excluding tert-OH is 1. The van der Waals surface area contributed by atoms with Crippen molar-refractivity contribution >= 4 is 12.1 Å². The number of amides is 1. The van der Waals surface area contributed by atoms with Gasteiger partial charge in [0.05, 0.1) is 13.2 Å². The van der Waals surface area contributed by atoms with Crippen molar-refractivity contribution in [2.45, 2.75) is 51.4 Å². The van der Waals surface area contributed by atoms with E-state index >= 15 is 0 Å². The molecular formula is C12H21NO5. The maximum absolute atomic E-state index is 12.0. The quantitative estimate of drug-likeness (QED) is 0.709. The van der Waals surface area contributed by atoms with Gasteiger partial charge in [0.15, 0.2) is 6.04 Å². The van der Waals surface area contributed by atoms with Gasteiger partial charge in [-0.3, -0.25) is 4.90 Å². The molecule has 1 rings (SSSR count). The standard InChI is InChI=1S/C12H21NO5/c1-12(2,3)18-11(16)13-7-5-6-8(14)9(13)10(15)17-4/h8-9,14H,5-7H2,1-4H3. The van der Waals surface area contributed by atoms with Gasteiger partial charge < -0.3 is 14.6 Å². The third kappa shape index (κ3) is 3.60. The maximum atomic E-state index is 12.0. The van der Waals surface area contributed by atoms with Crippen molar-refractivity contribution in [2.75, 3.05) is 13.7 Å². The molecule has 18 heavy (non-hydrogen) atoms. The second kappa shape index (κ2) is 5.56. The molecule has 1 N–H and O–H groups in total. The molecule has 1 saturated heterocycles. The van der Waals surface area contributed by atoms with Crippen molar-refractivity contribution in [1.29, 1.82) is 0 Å². The van der Waals surface area contributed by atoms with E-state index in [9.17, 15) is 14.7 Å². The van der Waals surface area contributed by atoms with Crippen LogP contribution in [0.3, 0.4) is 0 Å². The normalized spacial score (nSPS) is 24.6. The van der Waals surface area contributed by atoms with Crippen molar-refractivity contribution in [3.8, 4) is 0 Å². The molecule has 0 bridgehead atoms. The molecule has 0 radical (unpaired) electrons. The number of ether oxygens (including phenoxy) is 2. The van der Waals surface area contributed by atoms with Crippen molar-refractivity contribution < 1.29 is 24.2 Å². The number of hydrogen-bond acceptors (Lipinski definition) is 5. The third-order valence-corrected chi connectivity index (χ3v) is 2.67. The van der Waals surface area contributed by atoms with Gasteiger partial charge in [-0.05, 0) is 33.6 Å². The molecule has 0 spiro atoms. The Balaban J connectivity index is 2.82. The molecule has 1 aliphatic heterocycles. The molecule has 1 fully saturated rings. The van der Waals surface area contributed by atoms with Crippen LogP contribution in [-0.4, -0.2) is 53.5 Å². The number of hydrogen-bond donors (Lipinski definition) is 1. The van der Waals surface area contributed by atoms with E-state index in [1.165, 1.54) is 12.0 Å². The Morgan fingerprint density at radius 2 is 1.94 bits per heavy atom. The lowest BCUT2D eigenvalue weighted by Gasteiger charge is -2.37. The highest BCUT2D eigenvalue weighted by atomic mass is 16.6. The first-order valence-electron chi connectivity index (χ1n) is 6.02. The monoisotopic (exact) mass is 259 g/mol. The van der Waals surface area contributed by atoms with Gasteiger partial charge in [-0.2, -0.15) is 0 Å². The van der Waals surface area contributed by atoms with Crippen LogP contribution in [0, 0.1) is 0 Å². The number of methoxy groups -OCH3 is 1. The molecule has 2 atom stereocenters. The molecule has 0 aliphatic carbocycles. The van der Waals surface area contributed by atoms with Crippen LogP contribution in [-0.2, 0) is 14.3 Å². The third-order valence-electron chi connectivity index (χ3n) is 2.67. The molecule has 104 valence electrons.